The van der Waals surface area contributed by atoms with Crippen molar-refractivity contribution in [2.24, 2.45) is 0 Å². The highest BCUT2D eigenvalue weighted by atomic mass is 32.2. The van der Waals surface area contributed by atoms with Crippen molar-refractivity contribution in [3.8, 4) is 29.1 Å². The number of carbonyl (C=O) groups is 3. The Hall–Kier alpha value is -4.19. The van der Waals surface area contributed by atoms with Gasteiger partial charge < -0.3 is 34.8 Å². The summed E-state index contributed by atoms with van der Waals surface area (Å²) in [6.45, 7) is 5.31. The molecule has 0 radical (unpaired) electrons. The number of amides is 1. The summed E-state index contributed by atoms with van der Waals surface area (Å²) in [5.74, 6) is -1.32. The Kier molecular flexibility index (Phi) is 7.69. The summed E-state index contributed by atoms with van der Waals surface area (Å²) in [7, 11) is 1.96. The zero-order valence-corrected chi connectivity index (χ0v) is 27.2. The van der Waals surface area contributed by atoms with Gasteiger partial charge in [-0.1, -0.05) is 6.07 Å². The number of phenolic OH excluding ortho intramolecular Hbond substituents is 2. The number of carboxylic acids is 1. The number of hydrogen-bond acceptors (Lipinski definition) is 12. The van der Waals surface area contributed by atoms with Crippen LogP contribution in [0, 0.1) is 32.1 Å². The summed E-state index contributed by atoms with van der Waals surface area (Å²) in [4.78, 5) is 41.5. The molecule has 0 aliphatic carbocycles. The first-order chi connectivity index (χ1) is 22.4. The molecule has 13 nitrogen and oxygen atoms in total. The second-order valence-corrected chi connectivity index (χ2v) is 14.1. The number of aryl methyl sites for hydroxylation is 1. The number of hydrogen-bond donors (Lipinski definition) is 4. The van der Waals surface area contributed by atoms with Gasteiger partial charge in [-0.15, -0.1) is 11.8 Å². The summed E-state index contributed by atoms with van der Waals surface area (Å²) in [5, 5.41) is 45.5. The van der Waals surface area contributed by atoms with Crippen LogP contribution in [0.2, 0.25) is 0 Å². The molecule has 5 heterocycles. The summed E-state index contributed by atoms with van der Waals surface area (Å²) >= 11 is 1.33. The van der Waals surface area contributed by atoms with E-state index in [4.69, 9.17) is 19.3 Å². The van der Waals surface area contributed by atoms with E-state index in [-0.39, 0.29) is 49.5 Å². The normalized spacial score (nSPS) is 29.2. The number of nitriles is 1. The highest BCUT2D eigenvalue weighted by Crippen LogP contribution is 2.63. The predicted molar refractivity (Wildman–Crippen MR) is 167 cm³/mol. The van der Waals surface area contributed by atoms with Crippen LogP contribution in [-0.2, 0) is 25.5 Å². The minimum atomic E-state index is -1.13. The number of nitrogens with zero attached hydrogens (tertiary/aromatic N) is 3. The molecule has 7 atom stereocenters. The number of fused-ring (bicyclic) bond motifs is 9. The third-order valence-corrected chi connectivity index (χ3v) is 11.9. The van der Waals surface area contributed by atoms with Crippen LogP contribution in [-0.4, -0.2) is 93.3 Å². The maximum Gasteiger partial charge on any atom is 0.329 e. The van der Waals surface area contributed by atoms with Crippen molar-refractivity contribution in [1.82, 2.24) is 15.1 Å². The van der Waals surface area contributed by atoms with E-state index in [1.807, 2.05) is 20.9 Å². The number of ether oxygens (including phenoxy) is 3. The number of thioether (sulfide) groups is 1. The number of esters is 1. The number of likely N-dealkylation sites (N-methyl/N-ethyl adjacent to an activating group) is 1. The van der Waals surface area contributed by atoms with E-state index in [0.717, 1.165) is 22.3 Å². The van der Waals surface area contributed by atoms with E-state index in [1.165, 1.54) is 11.8 Å². The number of piperazine rings is 1. The van der Waals surface area contributed by atoms with Crippen molar-refractivity contribution in [3.05, 3.63) is 45.0 Å². The van der Waals surface area contributed by atoms with Gasteiger partial charge >= 0.3 is 11.9 Å². The van der Waals surface area contributed by atoms with E-state index in [2.05, 4.69) is 27.3 Å². The average Bonchev–Trinajstić information content (AvgIpc) is 3.53. The summed E-state index contributed by atoms with van der Waals surface area (Å²) < 4.78 is 17.7. The largest absolute Gasteiger partial charge is 0.507 e. The molecule has 7 rings (SSSR count). The molecule has 2 aromatic rings. The van der Waals surface area contributed by atoms with Crippen molar-refractivity contribution in [2.75, 3.05) is 26.2 Å². The number of nitrogens with one attached hydrogen (secondary N) is 1. The Balaban J connectivity index is 1.43. The average molecular weight is 665 g/mol. The van der Waals surface area contributed by atoms with Crippen molar-refractivity contribution in [3.63, 3.8) is 0 Å². The number of carbonyl (C=O) groups excluding carboxylic acids is 2. The van der Waals surface area contributed by atoms with Crippen LogP contribution >= 0.6 is 11.8 Å². The van der Waals surface area contributed by atoms with Gasteiger partial charge in [-0.2, -0.15) is 5.26 Å². The molecule has 2 aromatic carbocycles. The van der Waals surface area contributed by atoms with Crippen molar-refractivity contribution in [2.45, 2.75) is 81.5 Å². The van der Waals surface area contributed by atoms with E-state index in [9.17, 15) is 29.9 Å². The van der Waals surface area contributed by atoms with Gasteiger partial charge in [0.05, 0.1) is 29.8 Å². The van der Waals surface area contributed by atoms with E-state index < -0.39 is 53.3 Å². The molecule has 0 aromatic heterocycles. The Morgan fingerprint density at radius 1 is 1.06 bits per heavy atom. The van der Waals surface area contributed by atoms with Gasteiger partial charge in [0, 0.05) is 46.5 Å². The van der Waals surface area contributed by atoms with Crippen LogP contribution < -0.4 is 14.8 Å². The summed E-state index contributed by atoms with van der Waals surface area (Å²) in [6, 6.07) is 0.988. The molecule has 248 valence electrons. The second-order valence-electron chi connectivity index (χ2n) is 12.9. The van der Waals surface area contributed by atoms with Crippen molar-refractivity contribution >= 4 is 29.6 Å². The van der Waals surface area contributed by atoms with Crippen molar-refractivity contribution < 1.29 is 43.9 Å². The highest BCUT2D eigenvalue weighted by Gasteiger charge is 2.60. The molecule has 5 aliphatic heterocycles. The molecule has 5 aliphatic rings. The quantitative estimate of drug-likeness (QED) is 0.351. The van der Waals surface area contributed by atoms with Crippen LogP contribution in [0.5, 0.6) is 23.0 Å². The zero-order valence-electron chi connectivity index (χ0n) is 26.4. The number of cyclic esters (lactones) is 1. The topological polar surface area (TPSA) is 182 Å². The molecule has 1 unspecified atom stereocenters. The van der Waals surface area contributed by atoms with Crippen LogP contribution in [0.25, 0.3) is 0 Å². The van der Waals surface area contributed by atoms with Gasteiger partial charge in [-0.25, -0.2) is 4.79 Å². The predicted octanol–water partition coefficient (Wildman–Crippen LogP) is 2.66. The lowest BCUT2D eigenvalue weighted by atomic mass is 9.71. The standard InChI is InChI=1S/C33H36N4O9S/c1-13-7-16-8-18-19(9-34)37-20-10-44-33(43)17(35-21(38)5-6-22(39)40)11-47-32(27(37)26(36(18)4)23(16)28(41)14(13)2)25-24(20)31-30(45-12-46-31)15(3)29(25)42/h7,17-20,26-27,32,41-42H,5-6,8,10-12H2,1-4H3,(H,35,38)(H,39,40)/t17-,18-,19-,20+,26+,27?,32+/m0/s1. The number of phenols is 2. The lowest BCUT2D eigenvalue weighted by molar-refractivity contribution is -0.152. The number of aliphatic carboxylic acids is 1. The number of benzene rings is 2. The fraction of sp³-hybridized carbons (Fsp3) is 0.515. The number of carboxylic acid groups (broad SMARTS) is 1. The van der Waals surface area contributed by atoms with Gasteiger partial charge in [0.2, 0.25) is 12.7 Å². The second kappa shape index (κ2) is 11.5. The smallest absolute Gasteiger partial charge is 0.329 e. The van der Waals surface area contributed by atoms with Crippen LogP contribution in [0.3, 0.4) is 0 Å². The van der Waals surface area contributed by atoms with E-state index >= 15 is 0 Å². The zero-order chi connectivity index (χ0) is 33.5. The fourth-order valence-electron chi connectivity index (χ4n) is 8.16. The molecule has 47 heavy (non-hydrogen) atoms. The fourth-order valence-corrected chi connectivity index (χ4v) is 9.67. The Morgan fingerprint density at radius 3 is 2.51 bits per heavy atom. The van der Waals surface area contributed by atoms with E-state index in [0.29, 0.717) is 34.6 Å². The number of rotatable bonds is 4. The first-order valence-corrected chi connectivity index (χ1v) is 16.6. The van der Waals surface area contributed by atoms with Crippen LogP contribution in [0.4, 0.5) is 0 Å². The molecule has 4 N–H and O–H groups in total. The molecule has 2 saturated heterocycles. The van der Waals surface area contributed by atoms with Gasteiger partial charge in [-0.05, 0) is 50.9 Å². The Labute approximate surface area is 275 Å². The maximum atomic E-state index is 13.5. The van der Waals surface area contributed by atoms with Gasteiger partial charge in [0.1, 0.15) is 30.2 Å². The summed E-state index contributed by atoms with van der Waals surface area (Å²) in [5.41, 5.74) is 5.14. The molecule has 2 fully saturated rings. The van der Waals surface area contributed by atoms with Gasteiger partial charge in [0.15, 0.2) is 11.5 Å². The van der Waals surface area contributed by atoms with Crippen LogP contribution in [0.1, 0.15) is 69.1 Å². The third-order valence-electron chi connectivity index (χ3n) is 10.5. The first kappa shape index (κ1) is 31.4. The minimum absolute atomic E-state index is 0.0129. The molecule has 0 saturated carbocycles. The lowest BCUT2D eigenvalue weighted by Gasteiger charge is -2.61. The van der Waals surface area contributed by atoms with Gasteiger partial charge in [-0.3, -0.25) is 19.4 Å². The van der Waals surface area contributed by atoms with Crippen LogP contribution in [0.15, 0.2) is 6.07 Å². The Bertz CT molecular complexity index is 1760. The maximum absolute atomic E-state index is 13.5. The highest BCUT2D eigenvalue weighted by molar-refractivity contribution is 7.99. The molecule has 1 amide bonds. The summed E-state index contributed by atoms with van der Waals surface area (Å²) in [6.07, 6.45) is -0.162. The van der Waals surface area contributed by atoms with E-state index in [1.54, 1.807) is 6.92 Å². The first-order valence-electron chi connectivity index (χ1n) is 15.6. The molecule has 14 heteroatoms. The number of aromatic hydroxyl groups is 2. The SMILES string of the molecule is Cc1cc2c(c(O)c1C)[C@@H]1C3[C@@H]4SC[C@H](NC(=O)CCC(=O)O)C(=O)OC[C@H](c5c6c(c(C)c(O)c54)OCO6)N3[C@@H](C#N)[C@H](C2)N1C. The monoisotopic (exact) mass is 664 g/mol. The molecule has 0 spiro atoms. The van der Waals surface area contributed by atoms with Crippen molar-refractivity contribution in [1.29, 1.82) is 5.26 Å². The molecular weight excluding hydrogens is 628 g/mol. The molecule has 4 bridgehead atoms. The Morgan fingerprint density at radius 2 is 1.79 bits per heavy atom. The van der Waals surface area contributed by atoms with Gasteiger partial charge in [0.25, 0.3) is 0 Å². The lowest BCUT2D eigenvalue weighted by Crippen LogP contribution is -2.69. The minimum Gasteiger partial charge on any atom is -0.507 e. The molecular formula is C33H36N4O9S. The third kappa shape index (κ3) is 4.69.